The van der Waals surface area contributed by atoms with Crippen molar-refractivity contribution in [1.82, 2.24) is 9.97 Å². The van der Waals surface area contributed by atoms with Crippen LogP contribution in [0.2, 0.25) is 0 Å². The van der Waals surface area contributed by atoms with Gasteiger partial charge in [0, 0.05) is 11.3 Å². The highest BCUT2D eigenvalue weighted by molar-refractivity contribution is 5.65. The Morgan fingerprint density at radius 1 is 1.11 bits per heavy atom. The monoisotopic (exact) mass is 243 g/mol. The van der Waals surface area contributed by atoms with Crippen molar-refractivity contribution in [2.75, 3.05) is 5.73 Å². The molecule has 0 aliphatic heterocycles. The second kappa shape index (κ2) is 4.64. The van der Waals surface area contributed by atoms with Crippen LogP contribution in [0.5, 0.6) is 5.75 Å². The van der Waals surface area contributed by atoms with E-state index in [1.165, 1.54) is 0 Å². The van der Waals surface area contributed by atoms with Crippen LogP contribution < -0.4 is 5.73 Å². The van der Waals surface area contributed by atoms with Gasteiger partial charge in [0.05, 0.1) is 5.69 Å². The largest absolute Gasteiger partial charge is 0.507 e. The van der Waals surface area contributed by atoms with Crippen molar-refractivity contribution >= 4 is 5.95 Å². The molecular weight excluding hydrogens is 226 g/mol. The van der Waals surface area contributed by atoms with Crippen molar-refractivity contribution in [2.24, 2.45) is 0 Å². The molecule has 2 rings (SSSR count). The molecule has 0 aliphatic rings. The molecule has 0 bridgehead atoms. The Bertz CT molecular complexity index is 571. The molecule has 18 heavy (non-hydrogen) atoms. The van der Waals surface area contributed by atoms with Crippen molar-refractivity contribution in [3.05, 3.63) is 35.0 Å². The molecule has 0 radical (unpaired) electrons. The van der Waals surface area contributed by atoms with Crippen molar-refractivity contribution < 1.29 is 5.11 Å². The van der Waals surface area contributed by atoms with Crippen molar-refractivity contribution in [3.8, 4) is 17.0 Å². The molecule has 3 N–H and O–H groups in total. The summed E-state index contributed by atoms with van der Waals surface area (Å²) in [7, 11) is 0. The molecule has 0 aliphatic carbocycles. The number of nitrogen functional groups attached to an aromatic ring is 1. The number of rotatable bonds is 2. The summed E-state index contributed by atoms with van der Waals surface area (Å²) in [4.78, 5) is 8.41. The molecule has 2 aromatic rings. The molecule has 1 aromatic heterocycles. The van der Waals surface area contributed by atoms with E-state index in [1.807, 2.05) is 39.0 Å². The molecule has 0 saturated heterocycles. The number of phenols is 1. The van der Waals surface area contributed by atoms with Gasteiger partial charge in [0.2, 0.25) is 5.95 Å². The minimum atomic E-state index is 0.285. The molecule has 4 heteroatoms. The number of aromatic hydroxyl groups is 1. The Morgan fingerprint density at radius 3 is 2.28 bits per heavy atom. The highest BCUT2D eigenvalue weighted by Gasteiger charge is 2.08. The van der Waals surface area contributed by atoms with Crippen LogP contribution in [-0.2, 0) is 6.42 Å². The van der Waals surface area contributed by atoms with Crippen molar-refractivity contribution in [2.45, 2.75) is 27.2 Å². The number of nitrogens with zero attached hydrogens (tertiary/aromatic N) is 2. The van der Waals surface area contributed by atoms with Crippen LogP contribution >= 0.6 is 0 Å². The summed E-state index contributed by atoms with van der Waals surface area (Å²) in [6.07, 6.45) is 0.815. The minimum Gasteiger partial charge on any atom is -0.507 e. The average Bonchev–Trinajstić information content (AvgIpc) is 2.34. The first-order valence-electron chi connectivity index (χ1n) is 5.95. The van der Waals surface area contributed by atoms with Gasteiger partial charge in [-0.3, -0.25) is 0 Å². The van der Waals surface area contributed by atoms with Crippen LogP contribution in [0.4, 0.5) is 5.95 Å². The Morgan fingerprint density at radius 2 is 1.72 bits per heavy atom. The predicted octanol–water partition coefficient (Wildman–Crippen LogP) is 2.61. The average molecular weight is 243 g/mol. The summed E-state index contributed by atoms with van der Waals surface area (Å²) in [5, 5.41) is 9.78. The van der Waals surface area contributed by atoms with Gasteiger partial charge in [0.1, 0.15) is 5.75 Å². The minimum absolute atomic E-state index is 0.285. The van der Waals surface area contributed by atoms with Gasteiger partial charge in [-0.2, -0.15) is 0 Å². The standard InChI is InChI=1S/C14H17N3O/c1-4-11-7-12(17-14(15)16-11)10-5-8(2)13(18)9(3)6-10/h5-7,18H,4H2,1-3H3,(H2,15,16,17). The zero-order valence-electron chi connectivity index (χ0n) is 10.9. The molecule has 0 amide bonds. The summed E-state index contributed by atoms with van der Waals surface area (Å²) in [6, 6.07) is 5.74. The van der Waals surface area contributed by atoms with Gasteiger partial charge in [-0.15, -0.1) is 0 Å². The van der Waals surface area contributed by atoms with Crippen LogP contribution in [0.25, 0.3) is 11.3 Å². The number of benzene rings is 1. The van der Waals surface area contributed by atoms with E-state index in [4.69, 9.17) is 5.73 Å². The molecule has 0 fully saturated rings. The van der Waals surface area contributed by atoms with Crippen LogP contribution in [-0.4, -0.2) is 15.1 Å². The van der Waals surface area contributed by atoms with E-state index in [2.05, 4.69) is 9.97 Å². The Labute approximate surface area is 107 Å². The normalized spacial score (nSPS) is 10.6. The zero-order chi connectivity index (χ0) is 13.3. The van der Waals surface area contributed by atoms with E-state index in [0.29, 0.717) is 5.75 Å². The summed E-state index contributed by atoms with van der Waals surface area (Å²) in [5.41, 5.74) is 10.0. The molecular formula is C14H17N3O. The third kappa shape index (κ3) is 2.27. The van der Waals surface area contributed by atoms with E-state index >= 15 is 0 Å². The van der Waals surface area contributed by atoms with Crippen molar-refractivity contribution in [3.63, 3.8) is 0 Å². The smallest absolute Gasteiger partial charge is 0.220 e. The van der Waals surface area contributed by atoms with Crippen LogP contribution in [0.15, 0.2) is 18.2 Å². The third-order valence-electron chi connectivity index (χ3n) is 2.95. The summed E-state index contributed by atoms with van der Waals surface area (Å²) >= 11 is 0. The highest BCUT2D eigenvalue weighted by Crippen LogP contribution is 2.28. The Kier molecular flexibility index (Phi) is 3.19. The lowest BCUT2D eigenvalue weighted by molar-refractivity contribution is 0.467. The number of hydrogen-bond acceptors (Lipinski definition) is 4. The Balaban J connectivity index is 2.58. The number of hydrogen-bond donors (Lipinski definition) is 2. The first-order chi connectivity index (χ1) is 8.51. The fraction of sp³-hybridized carbons (Fsp3) is 0.286. The van der Waals surface area contributed by atoms with Gasteiger partial charge in [0.25, 0.3) is 0 Å². The molecule has 94 valence electrons. The SMILES string of the molecule is CCc1cc(-c2cc(C)c(O)c(C)c2)nc(N)n1. The van der Waals surface area contributed by atoms with Crippen molar-refractivity contribution in [1.29, 1.82) is 0 Å². The van der Waals surface area contributed by atoms with E-state index in [9.17, 15) is 5.11 Å². The summed E-state index contributed by atoms with van der Waals surface area (Å²) in [5.74, 6) is 0.615. The van der Waals surface area contributed by atoms with Gasteiger partial charge in [0.15, 0.2) is 0 Å². The van der Waals surface area contributed by atoms with Crippen LogP contribution in [0, 0.1) is 13.8 Å². The quantitative estimate of drug-likeness (QED) is 0.850. The topological polar surface area (TPSA) is 72.0 Å². The number of phenolic OH excluding ortho intramolecular Hbond substituents is 1. The Hall–Kier alpha value is -2.10. The molecule has 1 aromatic carbocycles. The third-order valence-corrected chi connectivity index (χ3v) is 2.95. The highest BCUT2D eigenvalue weighted by atomic mass is 16.3. The molecule has 0 saturated carbocycles. The van der Waals surface area contributed by atoms with Gasteiger partial charge in [-0.1, -0.05) is 6.92 Å². The molecule has 0 spiro atoms. The van der Waals surface area contributed by atoms with E-state index in [1.54, 1.807) is 0 Å². The fourth-order valence-electron chi connectivity index (χ4n) is 1.95. The van der Waals surface area contributed by atoms with E-state index in [-0.39, 0.29) is 5.95 Å². The van der Waals surface area contributed by atoms with E-state index in [0.717, 1.165) is 34.5 Å². The molecule has 1 heterocycles. The van der Waals surface area contributed by atoms with Gasteiger partial charge in [-0.05, 0) is 49.6 Å². The number of anilines is 1. The van der Waals surface area contributed by atoms with Crippen LogP contribution in [0.3, 0.4) is 0 Å². The molecule has 0 atom stereocenters. The summed E-state index contributed by atoms with van der Waals surface area (Å²) < 4.78 is 0. The maximum absolute atomic E-state index is 9.78. The summed E-state index contributed by atoms with van der Waals surface area (Å²) in [6.45, 7) is 5.77. The number of nitrogens with two attached hydrogens (primary N) is 1. The lowest BCUT2D eigenvalue weighted by Crippen LogP contribution is -2.00. The van der Waals surface area contributed by atoms with Gasteiger partial charge in [-0.25, -0.2) is 9.97 Å². The molecule has 0 unspecified atom stereocenters. The molecule has 4 nitrogen and oxygen atoms in total. The maximum Gasteiger partial charge on any atom is 0.220 e. The lowest BCUT2D eigenvalue weighted by atomic mass is 10.0. The second-order valence-electron chi connectivity index (χ2n) is 4.41. The van der Waals surface area contributed by atoms with Gasteiger partial charge < -0.3 is 10.8 Å². The van der Waals surface area contributed by atoms with E-state index < -0.39 is 0 Å². The lowest BCUT2D eigenvalue weighted by Gasteiger charge is -2.09. The maximum atomic E-state index is 9.78. The van der Waals surface area contributed by atoms with Crippen LogP contribution in [0.1, 0.15) is 23.7 Å². The number of aromatic nitrogens is 2. The number of aryl methyl sites for hydroxylation is 3. The van der Waals surface area contributed by atoms with Gasteiger partial charge >= 0.3 is 0 Å². The first-order valence-corrected chi connectivity index (χ1v) is 5.95. The zero-order valence-corrected chi connectivity index (χ0v) is 10.9. The first kappa shape index (κ1) is 12.4. The second-order valence-corrected chi connectivity index (χ2v) is 4.41. The fourth-order valence-corrected chi connectivity index (χ4v) is 1.95. The predicted molar refractivity (Wildman–Crippen MR) is 72.4 cm³/mol.